The monoisotopic (exact) mass is 558 g/mol. The zero-order valence-corrected chi connectivity index (χ0v) is 20.4. The van der Waals surface area contributed by atoms with Crippen LogP contribution in [0.1, 0.15) is 36.5 Å². The lowest BCUT2D eigenvalue weighted by Gasteiger charge is -2.23. The molecular weight excluding hydrogens is 539 g/mol. The first kappa shape index (κ1) is 27.5. The molecule has 1 aromatic carbocycles. The Kier molecular flexibility index (Phi) is 7.44. The van der Waals surface area contributed by atoms with Gasteiger partial charge >= 0.3 is 6.18 Å². The quantitative estimate of drug-likeness (QED) is 0.447. The number of halogens is 6. The predicted molar refractivity (Wildman–Crippen MR) is 127 cm³/mol. The maximum atomic E-state index is 15.0. The summed E-state index contributed by atoms with van der Waals surface area (Å²) in [6, 6.07) is 0.797. The molecule has 1 unspecified atom stereocenters. The highest BCUT2D eigenvalue weighted by molar-refractivity contribution is 6.32. The van der Waals surface area contributed by atoms with Gasteiger partial charge in [0.1, 0.15) is 28.9 Å². The van der Waals surface area contributed by atoms with E-state index in [1.54, 1.807) is 5.32 Å². The Labute approximate surface area is 216 Å². The lowest BCUT2D eigenvalue weighted by atomic mass is 10.1. The molecule has 4 rings (SSSR count). The molecule has 3 aromatic rings. The summed E-state index contributed by atoms with van der Waals surface area (Å²) in [6.07, 6.45) is -4.10. The Morgan fingerprint density at radius 1 is 1.26 bits per heavy atom. The van der Waals surface area contributed by atoms with Crippen molar-refractivity contribution in [2.45, 2.75) is 44.4 Å². The number of nitrogens with zero attached hydrogens (tertiary/aromatic N) is 3. The largest absolute Gasteiger partial charge is 0.408 e. The van der Waals surface area contributed by atoms with Crippen molar-refractivity contribution in [1.29, 1.82) is 0 Å². The van der Waals surface area contributed by atoms with Gasteiger partial charge in [0, 0.05) is 18.7 Å². The molecule has 0 saturated carbocycles. The Morgan fingerprint density at radius 2 is 1.97 bits per heavy atom. The van der Waals surface area contributed by atoms with Crippen LogP contribution in [0.5, 0.6) is 0 Å². The van der Waals surface area contributed by atoms with Crippen LogP contribution in [-0.2, 0) is 4.79 Å². The summed E-state index contributed by atoms with van der Waals surface area (Å²) < 4.78 is 69.3. The van der Waals surface area contributed by atoms with Crippen molar-refractivity contribution >= 4 is 40.3 Å². The van der Waals surface area contributed by atoms with E-state index in [-0.39, 0.29) is 35.8 Å². The fraction of sp³-hybridized carbons (Fsp3) is 0.333. The topological polar surface area (TPSA) is 105 Å². The van der Waals surface area contributed by atoms with Crippen LogP contribution >= 0.6 is 11.6 Å². The van der Waals surface area contributed by atoms with Gasteiger partial charge in [-0.25, -0.2) is 13.8 Å². The molecule has 1 saturated heterocycles. The Bertz CT molecular complexity index is 1470. The van der Waals surface area contributed by atoms with E-state index in [1.807, 2.05) is 0 Å². The highest BCUT2D eigenvalue weighted by atomic mass is 35.5. The summed E-state index contributed by atoms with van der Waals surface area (Å²) in [7, 11) is 0. The summed E-state index contributed by atoms with van der Waals surface area (Å²) in [5.41, 5.74) is -2.64. The van der Waals surface area contributed by atoms with Gasteiger partial charge in [-0.2, -0.15) is 13.2 Å². The van der Waals surface area contributed by atoms with Crippen molar-refractivity contribution in [3.63, 3.8) is 0 Å². The first-order valence-corrected chi connectivity index (χ1v) is 11.8. The average molecular weight is 559 g/mol. The molecule has 8 nitrogen and oxygen atoms in total. The van der Waals surface area contributed by atoms with Gasteiger partial charge in [-0.15, -0.1) is 0 Å². The number of aromatic nitrogens is 2. The third kappa shape index (κ3) is 4.95. The molecule has 14 heteroatoms. The molecular formula is C24H20ClF5N4O4. The minimum absolute atomic E-state index is 0.00818. The van der Waals surface area contributed by atoms with Crippen molar-refractivity contribution in [2.75, 3.05) is 11.5 Å². The normalized spacial score (nSPS) is 16.8. The number of rotatable bonds is 6. The number of alkyl halides is 3. The standard InChI is InChI=1S/C24H20ClF5N4O4/c1-2-17(24(28,29)30)31-23(38)14-9-33(20-15(25)7-11(26)8-16(20)27)22-13(21(14)37)4-5-18(32-22)34-12(10-35)3-6-19(34)36/h4-5,7-9,12,17,35H,2-3,6,10H2,1H3,(H,31,38)/t12-,17?/m1/s1. The van der Waals surface area contributed by atoms with Crippen LogP contribution in [0.4, 0.5) is 27.8 Å². The molecule has 3 heterocycles. The minimum Gasteiger partial charge on any atom is -0.394 e. The molecule has 2 atom stereocenters. The first-order valence-electron chi connectivity index (χ1n) is 11.4. The number of pyridine rings is 2. The van der Waals surface area contributed by atoms with Crippen LogP contribution in [0.2, 0.25) is 5.02 Å². The van der Waals surface area contributed by atoms with Crippen LogP contribution in [0.15, 0.2) is 35.3 Å². The van der Waals surface area contributed by atoms with E-state index < -0.39 is 63.9 Å². The molecule has 1 fully saturated rings. The number of benzene rings is 1. The van der Waals surface area contributed by atoms with Crippen LogP contribution < -0.4 is 15.6 Å². The van der Waals surface area contributed by atoms with Crippen LogP contribution in [0.3, 0.4) is 0 Å². The highest BCUT2D eigenvalue weighted by Gasteiger charge is 2.40. The minimum atomic E-state index is -4.80. The SMILES string of the molecule is CCC(NC(=O)c1cn(-c2c(F)cc(F)cc2Cl)c2nc(N3C(=O)CC[C@@H]3CO)ccc2c1=O)C(F)(F)F. The number of fused-ring (bicyclic) bond motifs is 1. The summed E-state index contributed by atoms with van der Waals surface area (Å²) in [5.74, 6) is -4.01. The Morgan fingerprint density at radius 3 is 2.58 bits per heavy atom. The second-order valence-electron chi connectivity index (χ2n) is 8.62. The van der Waals surface area contributed by atoms with Crippen molar-refractivity contribution in [2.24, 2.45) is 0 Å². The summed E-state index contributed by atoms with van der Waals surface area (Å²) in [6.45, 7) is 0.809. The fourth-order valence-electron chi connectivity index (χ4n) is 4.31. The van der Waals surface area contributed by atoms with Gasteiger partial charge in [0.05, 0.1) is 23.1 Å². The van der Waals surface area contributed by atoms with Crippen LogP contribution in [0, 0.1) is 11.6 Å². The fourth-order valence-corrected chi connectivity index (χ4v) is 4.59. The Hall–Kier alpha value is -3.58. The van der Waals surface area contributed by atoms with E-state index in [4.69, 9.17) is 11.6 Å². The smallest absolute Gasteiger partial charge is 0.394 e. The molecule has 0 bridgehead atoms. The number of amides is 2. The summed E-state index contributed by atoms with van der Waals surface area (Å²) >= 11 is 6.09. The number of anilines is 1. The second-order valence-corrected chi connectivity index (χ2v) is 9.02. The number of aliphatic hydroxyl groups is 1. The molecule has 1 aliphatic heterocycles. The van der Waals surface area contributed by atoms with Gasteiger partial charge in [0.25, 0.3) is 5.91 Å². The van der Waals surface area contributed by atoms with E-state index in [0.29, 0.717) is 12.5 Å². The van der Waals surface area contributed by atoms with E-state index in [2.05, 4.69) is 4.98 Å². The maximum Gasteiger partial charge on any atom is 0.408 e. The summed E-state index contributed by atoms with van der Waals surface area (Å²) in [4.78, 5) is 44.0. The molecule has 0 aliphatic carbocycles. The molecule has 0 radical (unpaired) electrons. The lowest BCUT2D eigenvalue weighted by molar-refractivity contribution is -0.153. The zero-order chi connectivity index (χ0) is 27.9. The van der Waals surface area contributed by atoms with Gasteiger partial charge in [-0.3, -0.25) is 23.9 Å². The lowest BCUT2D eigenvalue weighted by Crippen LogP contribution is -2.46. The van der Waals surface area contributed by atoms with Gasteiger partial charge in [-0.1, -0.05) is 18.5 Å². The zero-order valence-electron chi connectivity index (χ0n) is 19.7. The molecule has 2 N–H and O–H groups in total. The van der Waals surface area contributed by atoms with Crippen molar-refractivity contribution in [1.82, 2.24) is 14.9 Å². The maximum absolute atomic E-state index is 15.0. The first-order chi connectivity index (χ1) is 17.9. The third-order valence-electron chi connectivity index (χ3n) is 6.19. The highest BCUT2D eigenvalue weighted by Crippen LogP contribution is 2.31. The predicted octanol–water partition coefficient (Wildman–Crippen LogP) is 3.88. The molecule has 202 valence electrons. The van der Waals surface area contributed by atoms with Gasteiger partial charge in [0.2, 0.25) is 11.3 Å². The molecule has 38 heavy (non-hydrogen) atoms. The number of nitrogens with one attached hydrogen (secondary N) is 1. The van der Waals surface area contributed by atoms with Crippen molar-refractivity contribution in [3.05, 3.63) is 62.9 Å². The number of carbonyl (C=O) groups is 2. The molecule has 2 amide bonds. The van der Waals surface area contributed by atoms with E-state index >= 15 is 0 Å². The van der Waals surface area contributed by atoms with Crippen molar-refractivity contribution < 1.29 is 36.6 Å². The Balaban J connectivity index is 1.98. The van der Waals surface area contributed by atoms with E-state index in [0.717, 1.165) is 16.8 Å². The number of hydrogen-bond acceptors (Lipinski definition) is 5. The third-order valence-corrected chi connectivity index (χ3v) is 6.48. The number of aliphatic hydroxyl groups excluding tert-OH is 1. The number of hydrogen-bond donors (Lipinski definition) is 2. The van der Waals surface area contributed by atoms with Crippen LogP contribution in [-0.4, -0.2) is 51.3 Å². The second kappa shape index (κ2) is 10.3. The molecule has 0 spiro atoms. The average Bonchev–Trinajstić information content (AvgIpc) is 3.22. The van der Waals surface area contributed by atoms with Crippen molar-refractivity contribution in [3.8, 4) is 5.69 Å². The van der Waals surface area contributed by atoms with Gasteiger partial charge in [0.15, 0.2) is 11.5 Å². The summed E-state index contributed by atoms with van der Waals surface area (Å²) in [5, 5.41) is 10.6. The van der Waals surface area contributed by atoms with Gasteiger partial charge in [-0.05, 0) is 31.0 Å². The van der Waals surface area contributed by atoms with E-state index in [9.17, 15) is 41.4 Å². The van der Waals surface area contributed by atoms with E-state index in [1.165, 1.54) is 24.0 Å². The molecule has 1 aliphatic rings. The van der Waals surface area contributed by atoms with Gasteiger partial charge < -0.3 is 10.4 Å². The number of carbonyl (C=O) groups excluding carboxylic acids is 2. The van der Waals surface area contributed by atoms with Crippen LogP contribution in [0.25, 0.3) is 16.7 Å². The molecule has 2 aromatic heterocycles.